The summed E-state index contributed by atoms with van der Waals surface area (Å²) in [5, 5.41) is 9.11. The molecule has 3 N–H and O–H groups in total. The van der Waals surface area contributed by atoms with E-state index in [0.29, 0.717) is 11.6 Å². The summed E-state index contributed by atoms with van der Waals surface area (Å²) < 4.78 is 5.45. The molecule has 0 aromatic carbocycles. The maximum absolute atomic E-state index is 9.11. The van der Waals surface area contributed by atoms with Crippen molar-refractivity contribution < 1.29 is 9.84 Å². The Morgan fingerprint density at radius 2 is 2.20 bits per heavy atom. The molecule has 0 bridgehead atoms. The van der Waals surface area contributed by atoms with E-state index in [1.165, 1.54) is 0 Å². The van der Waals surface area contributed by atoms with Gasteiger partial charge in [-0.15, -0.1) is 0 Å². The van der Waals surface area contributed by atoms with Crippen LogP contribution in [0.5, 0.6) is 5.88 Å². The highest BCUT2D eigenvalue weighted by Gasteiger charge is 2.22. The second-order valence-corrected chi connectivity index (χ2v) is 4.10. The van der Waals surface area contributed by atoms with Crippen LogP contribution in [0.15, 0.2) is 18.2 Å². The van der Waals surface area contributed by atoms with Crippen molar-refractivity contribution in [1.82, 2.24) is 4.98 Å². The van der Waals surface area contributed by atoms with Gasteiger partial charge < -0.3 is 15.6 Å². The number of nitrogens with zero attached hydrogens (tertiary/aromatic N) is 1. The number of nitrogens with two attached hydrogens (primary N) is 1. The summed E-state index contributed by atoms with van der Waals surface area (Å²) in [5.74, 6) is 0.535. The summed E-state index contributed by atoms with van der Waals surface area (Å²) in [6.07, 6.45) is 0.0749. The summed E-state index contributed by atoms with van der Waals surface area (Å²) >= 11 is 0. The lowest BCUT2D eigenvalue weighted by molar-refractivity contribution is 0.201. The predicted molar refractivity (Wildman–Crippen MR) is 58.6 cm³/mol. The fourth-order valence-corrected chi connectivity index (χ4v) is 1.12. The van der Waals surface area contributed by atoms with Gasteiger partial charge in [0.05, 0.1) is 23.9 Å². The van der Waals surface area contributed by atoms with Gasteiger partial charge in [-0.2, -0.15) is 0 Å². The third kappa shape index (κ3) is 3.18. The molecule has 4 nitrogen and oxygen atoms in total. The van der Waals surface area contributed by atoms with Crippen LogP contribution < -0.4 is 10.5 Å². The quantitative estimate of drug-likeness (QED) is 0.779. The third-order valence-corrected chi connectivity index (χ3v) is 1.99. The van der Waals surface area contributed by atoms with Gasteiger partial charge in [0, 0.05) is 6.07 Å². The SMILES string of the molecule is CC(C)Oc1cccc(C(C)(N)CO)n1. The largest absolute Gasteiger partial charge is 0.475 e. The van der Waals surface area contributed by atoms with Crippen LogP contribution in [0.25, 0.3) is 0 Å². The topological polar surface area (TPSA) is 68.4 Å². The minimum Gasteiger partial charge on any atom is -0.475 e. The van der Waals surface area contributed by atoms with Gasteiger partial charge in [-0.3, -0.25) is 0 Å². The first-order valence-corrected chi connectivity index (χ1v) is 4.99. The van der Waals surface area contributed by atoms with Crippen molar-refractivity contribution in [2.75, 3.05) is 6.61 Å². The Morgan fingerprint density at radius 3 is 2.73 bits per heavy atom. The lowest BCUT2D eigenvalue weighted by atomic mass is 10.0. The second kappa shape index (κ2) is 4.59. The molecule has 0 fully saturated rings. The molecule has 1 atom stereocenters. The molecule has 1 aromatic rings. The van der Waals surface area contributed by atoms with Gasteiger partial charge in [0.25, 0.3) is 0 Å². The first-order chi connectivity index (χ1) is 6.95. The van der Waals surface area contributed by atoms with Gasteiger partial charge in [-0.1, -0.05) is 6.07 Å². The van der Waals surface area contributed by atoms with Gasteiger partial charge in [0.1, 0.15) is 0 Å². The molecule has 0 aliphatic carbocycles. The zero-order valence-electron chi connectivity index (χ0n) is 9.40. The summed E-state index contributed by atoms with van der Waals surface area (Å²) in [5.41, 5.74) is 5.67. The molecule has 15 heavy (non-hydrogen) atoms. The number of aliphatic hydroxyl groups is 1. The van der Waals surface area contributed by atoms with Crippen LogP contribution in [0.2, 0.25) is 0 Å². The number of pyridine rings is 1. The van der Waals surface area contributed by atoms with Crippen molar-refractivity contribution >= 4 is 0 Å². The van der Waals surface area contributed by atoms with Crippen LogP contribution in [0.4, 0.5) is 0 Å². The lowest BCUT2D eigenvalue weighted by Crippen LogP contribution is -2.37. The van der Waals surface area contributed by atoms with Crippen molar-refractivity contribution in [1.29, 1.82) is 0 Å². The van der Waals surface area contributed by atoms with Gasteiger partial charge in [0.2, 0.25) is 5.88 Å². The van der Waals surface area contributed by atoms with Crippen LogP contribution in [-0.4, -0.2) is 22.8 Å². The van der Waals surface area contributed by atoms with E-state index in [0.717, 1.165) is 0 Å². The molecule has 0 spiro atoms. The first kappa shape index (κ1) is 11.9. The summed E-state index contributed by atoms with van der Waals surface area (Å²) in [6, 6.07) is 5.38. The summed E-state index contributed by atoms with van der Waals surface area (Å²) in [7, 11) is 0. The van der Waals surface area contributed by atoms with Gasteiger partial charge >= 0.3 is 0 Å². The lowest BCUT2D eigenvalue weighted by Gasteiger charge is -2.21. The smallest absolute Gasteiger partial charge is 0.213 e. The molecule has 1 aromatic heterocycles. The fraction of sp³-hybridized carbons (Fsp3) is 0.545. The molecule has 1 rings (SSSR count). The Labute approximate surface area is 90.1 Å². The molecule has 0 aliphatic rings. The average Bonchev–Trinajstić information content (AvgIpc) is 2.17. The number of aromatic nitrogens is 1. The normalized spacial score (nSPS) is 15.1. The maximum Gasteiger partial charge on any atom is 0.213 e. The van der Waals surface area contributed by atoms with Gasteiger partial charge in [0.15, 0.2) is 0 Å². The van der Waals surface area contributed by atoms with Crippen molar-refractivity contribution in [2.24, 2.45) is 5.73 Å². The summed E-state index contributed by atoms with van der Waals surface area (Å²) in [6.45, 7) is 5.45. The minimum absolute atomic E-state index is 0.0749. The highest BCUT2D eigenvalue weighted by Crippen LogP contribution is 2.18. The van der Waals surface area contributed by atoms with E-state index in [1.807, 2.05) is 19.9 Å². The zero-order valence-corrected chi connectivity index (χ0v) is 9.40. The number of hydrogen-bond acceptors (Lipinski definition) is 4. The van der Waals surface area contributed by atoms with Gasteiger partial charge in [-0.05, 0) is 26.8 Å². The number of rotatable bonds is 4. The zero-order chi connectivity index (χ0) is 11.5. The van der Waals surface area contributed by atoms with Crippen LogP contribution in [-0.2, 0) is 5.54 Å². The van der Waals surface area contributed by atoms with Gasteiger partial charge in [-0.25, -0.2) is 4.98 Å². The van der Waals surface area contributed by atoms with Crippen LogP contribution >= 0.6 is 0 Å². The molecule has 1 unspecified atom stereocenters. The first-order valence-electron chi connectivity index (χ1n) is 4.99. The molecule has 0 saturated carbocycles. The van der Waals surface area contributed by atoms with E-state index in [-0.39, 0.29) is 12.7 Å². The van der Waals surface area contributed by atoms with E-state index in [1.54, 1.807) is 19.1 Å². The highest BCUT2D eigenvalue weighted by atomic mass is 16.5. The second-order valence-electron chi connectivity index (χ2n) is 4.10. The number of hydrogen-bond donors (Lipinski definition) is 2. The van der Waals surface area contributed by atoms with E-state index in [4.69, 9.17) is 15.6 Å². The molecule has 0 amide bonds. The summed E-state index contributed by atoms with van der Waals surface area (Å²) in [4.78, 5) is 4.25. The van der Waals surface area contributed by atoms with E-state index in [9.17, 15) is 0 Å². The van der Waals surface area contributed by atoms with E-state index >= 15 is 0 Å². The number of aliphatic hydroxyl groups excluding tert-OH is 1. The maximum atomic E-state index is 9.11. The standard InChI is InChI=1S/C11H18N2O2/c1-8(2)15-10-6-4-5-9(13-10)11(3,12)7-14/h4-6,8,14H,7,12H2,1-3H3. The Morgan fingerprint density at radius 1 is 1.53 bits per heavy atom. The highest BCUT2D eigenvalue weighted by molar-refractivity contribution is 5.21. The molecule has 0 saturated heterocycles. The Balaban J connectivity index is 2.92. The Kier molecular flexibility index (Phi) is 3.66. The van der Waals surface area contributed by atoms with E-state index in [2.05, 4.69) is 4.98 Å². The Hall–Kier alpha value is -1.13. The number of ether oxygens (including phenoxy) is 1. The fourth-order valence-electron chi connectivity index (χ4n) is 1.12. The van der Waals surface area contributed by atoms with Crippen molar-refractivity contribution in [3.05, 3.63) is 23.9 Å². The third-order valence-electron chi connectivity index (χ3n) is 1.99. The van der Waals surface area contributed by atoms with Crippen molar-refractivity contribution in [3.8, 4) is 5.88 Å². The molecule has 1 heterocycles. The Bertz CT molecular complexity index is 324. The van der Waals surface area contributed by atoms with Crippen molar-refractivity contribution in [2.45, 2.75) is 32.4 Å². The average molecular weight is 210 g/mol. The predicted octanol–water partition coefficient (Wildman–Crippen LogP) is 1.03. The van der Waals surface area contributed by atoms with Crippen molar-refractivity contribution in [3.63, 3.8) is 0 Å². The molecule has 0 radical (unpaired) electrons. The van der Waals surface area contributed by atoms with Crippen LogP contribution in [0, 0.1) is 0 Å². The molecular weight excluding hydrogens is 192 g/mol. The molecule has 4 heteroatoms. The van der Waals surface area contributed by atoms with Crippen LogP contribution in [0.1, 0.15) is 26.5 Å². The molecule has 84 valence electrons. The molecular formula is C11H18N2O2. The van der Waals surface area contributed by atoms with E-state index < -0.39 is 5.54 Å². The minimum atomic E-state index is -0.823. The monoisotopic (exact) mass is 210 g/mol. The van der Waals surface area contributed by atoms with Crippen LogP contribution in [0.3, 0.4) is 0 Å². The molecule has 0 aliphatic heterocycles.